The molecule has 2 N–H and O–H groups in total. The lowest BCUT2D eigenvalue weighted by atomic mass is 9.96. The summed E-state index contributed by atoms with van der Waals surface area (Å²) >= 11 is 0. The number of nitrogens with zero attached hydrogens (tertiary/aromatic N) is 4. The first-order valence-corrected chi connectivity index (χ1v) is 11.9. The van der Waals surface area contributed by atoms with E-state index < -0.39 is 0 Å². The number of hydrogen-bond acceptors (Lipinski definition) is 3. The summed E-state index contributed by atoms with van der Waals surface area (Å²) in [7, 11) is 3.92. The van der Waals surface area contributed by atoms with Gasteiger partial charge in [0.15, 0.2) is 5.96 Å². The average molecular weight is 423 g/mol. The molecule has 0 radical (unpaired) electrons. The molecule has 1 aromatic heterocycles. The van der Waals surface area contributed by atoms with E-state index in [4.69, 9.17) is 5.10 Å². The van der Waals surface area contributed by atoms with E-state index in [1.807, 2.05) is 18.8 Å². The highest BCUT2D eigenvalue weighted by atomic mass is 15.3. The Kier molecular flexibility index (Phi) is 6.96. The Hall–Kier alpha value is -2.34. The monoisotopic (exact) mass is 422 g/mol. The summed E-state index contributed by atoms with van der Waals surface area (Å²) < 4.78 is 2.03. The molecule has 0 spiro atoms. The van der Waals surface area contributed by atoms with Crippen molar-refractivity contribution in [2.24, 2.45) is 12.0 Å². The van der Waals surface area contributed by atoms with E-state index in [0.717, 1.165) is 31.9 Å². The van der Waals surface area contributed by atoms with Gasteiger partial charge < -0.3 is 10.6 Å². The molecule has 2 aliphatic heterocycles. The number of guanidine groups is 1. The van der Waals surface area contributed by atoms with Crippen molar-refractivity contribution in [1.29, 1.82) is 0 Å². The summed E-state index contributed by atoms with van der Waals surface area (Å²) in [6, 6.07) is 12.7. The number of rotatable bonds is 7. The van der Waals surface area contributed by atoms with Gasteiger partial charge in [0.1, 0.15) is 0 Å². The van der Waals surface area contributed by atoms with Gasteiger partial charge in [-0.05, 0) is 44.1 Å². The molecular weight excluding hydrogens is 384 g/mol. The van der Waals surface area contributed by atoms with Crippen molar-refractivity contribution in [3.05, 3.63) is 52.8 Å². The minimum Gasteiger partial charge on any atom is -0.354 e. The van der Waals surface area contributed by atoms with Crippen LogP contribution in [0.25, 0.3) is 0 Å². The second kappa shape index (κ2) is 9.86. The Bertz CT molecular complexity index is 873. The van der Waals surface area contributed by atoms with Gasteiger partial charge in [-0.1, -0.05) is 44.2 Å². The molecule has 3 heterocycles. The van der Waals surface area contributed by atoms with Gasteiger partial charge >= 0.3 is 0 Å². The van der Waals surface area contributed by atoms with Crippen molar-refractivity contribution in [2.45, 2.75) is 83.6 Å². The quantitative estimate of drug-likeness (QED) is 0.530. The van der Waals surface area contributed by atoms with Crippen LogP contribution in [0.3, 0.4) is 0 Å². The number of piperidine rings is 1. The largest absolute Gasteiger partial charge is 0.354 e. The fourth-order valence-electron chi connectivity index (χ4n) is 5.60. The van der Waals surface area contributed by atoms with Gasteiger partial charge in [-0.25, -0.2) is 0 Å². The number of hydrogen-bond donors (Lipinski definition) is 2. The van der Waals surface area contributed by atoms with Gasteiger partial charge in [-0.3, -0.25) is 14.6 Å². The molecule has 0 saturated carbocycles. The van der Waals surface area contributed by atoms with Crippen molar-refractivity contribution >= 4 is 5.96 Å². The predicted octanol–water partition coefficient (Wildman–Crippen LogP) is 3.41. The highest BCUT2D eigenvalue weighted by molar-refractivity contribution is 5.80. The topological polar surface area (TPSA) is 57.5 Å². The van der Waals surface area contributed by atoms with Crippen molar-refractivity contribution in [2.75, 3.05) is 7.05 Å². The van der Waals surface area contributed by atoms with Crippen LogP contribution < -0.4 is 10.6 Å². The van der Waals surface area contributed by atoms with E-state index in [-0.39, 0.29) is 0 Å². The molecule has 2 saturated heterocycles. The lowest BCUT2D eigenvalue weighted by molar-refractivity contribution is 0.114. The minimum atomic E-state index is 0.487. The van der Waals surface area contributed by atoms with E-state index in [2.05, 4.69) is 64.7 Å². The van der Waals surface area contributed by atoms with E-state index in [9.17, 15) is 0 Å². The number of benzene rings is 1. The molecule has 6 heteroatoms. The molecule has 0 amide bonds. The summed E-state index contributed by atoms with van der Waals surface area (Å²) in [5.41, 5.74) is 5.26. The molecular formula is C25H38N6. The molecule has 1 aromatic carbocycles. The zero-order valence-electron chi connectivity index (χ0n) is 19.6. The molecule has 2 atom stereocenters. The molecule has 6 nitrogen and oxygen atoms in total. The van der Waals surface area contributed by atoms with Gasteiger partial charge in [0.2, 0.25) is 0 Å². The number of fused-ring (bicyclic) bond motifs is 2. The molecule has 2 aliphatic rings. The van der Waals surface area contributed by atoms with Crippen LogP contribution in [-0.4, -0.2) is 45.8 Å². The maximum absolute atomic E-state index is 4.70. The molecule has 2 unspecified atom stereocenters. The summed E-state index contributed by atoms with van der Waals surface area (Å²) in [5, 5.41) is 12.0. The second-order valence-corrected chi connectivity index (χ2v) is 8.98. The number of aromatic nitrogens is 2. The highest BCUT2D eigenvalue weighted by Crippen LogP contribution is 2.36. The van der Waals surface area contributed by atoms with Gasteiger partial charge in [-0.2, -0.15) is 5.10 Å². The van der Waals surface area contributed by atoms with Crippen LogP contribution in [-0.2, 0) is 33.0 Å². The average Bonchev–Trinajstić information content (AvgIpc) is 3.21. The molecule has 0 aliphatic carbocycles. The van der Waals surface area contributed by atoms with Crippen LogP contribution in [0.2, 0.25) is 0 Å². The molecule has 168 valence electrons. The van der Waals surface area contributed by atoms with Gasteiger partial charge in [0.25, 0.3) is 0 Å². The predicted molar refractivity (Wildman–Crippen MR) is 127 cm³/mol. The Morgan fingerprint density at radius 2 is 1.81 bits per heavy atom. The molecule has 31 heavy (non-hydrogen) atoms. The Labute approximate surface area is 187 Å². The number of nitrogens with one attached hydrogen (secondary N) is 2. The molecule has 4 rings (SSSR count). The number of aliphatic imine (C=N–C) groups is 1. The summed E-state index contributed by atoms with van der Waals surface area (Å²) in [6.07, 6.45) is 6.97. The third kappa shape index (κ3) is 4.79. The summed E-state index contributed by atoms with van der Waals surface area (Å²) in [6.45, 7) is 6.24. The second-order valence-electron chi connectivity index (χ2n) is 8.98. The van der Waals surface area contributed by atoms with Crippen LogP contribution in [0.4, 0.5) is 0 Å². The fraction of sp³-hybridized carbons (Fsp3) is 0.600. The van der Waals surface area contributed by atoms with Crippen LogP contribution in [0, 0.1) is 0 Å². The van der Waals surface area contributed by atoms with Crippen molar-refractivity contribution in [3.63, 3.8) is 0 Å². The summed E-state index contributed by atoms with van der Waals surface area (Å²) in [5.74, 6) is 0.911. The van der Waals surface area contributed by atoms with E-state index >= 15 is 0 Å². The lowest BCUT2D eigenvalue weighted by Gasteiger charge is -2.39. The molecule has 2 bridgehead atoms. The minimum absolute atomic E-state index is 0.487. The van der Waals surface area contributed by atoms with Gasteiger partial charge in [0, 0.05) is 56.6 Å². The first-order valence-electron chi connectivity index (χ1n) is 11.9. The highest BCUT2D eigenvalue weighted by Gasteiger charge is 2.40. The first-order chi connectivity index (χ1) is 15.1. The first kappa shape index (κ1) is 21.9. The zero-order valence-corrected chi connectivity index (χ0v) is 19.6. The standard InChI is InChI=1S/C25H38N6/c1-5-23-22(24(6-2)30(4)29-23)16-27-25(26-3)28-19-14-20-12-13-21(15-19)31(20)17-18-10-8-7-9-11-18/h7-11,19-21H,5-6,12-17H2,1-4H3,(H2,26,27,28). The normalized spacial score (nSPS) is 23.9. The van der Waals surface area contributed by atoms with Crippen LogP contribution in [0.1, 0.15) is 62.0 Å². The smallest absolute Gasteiger partial charge is 0.191 e. The number of aryl methyl sites for hydroxylation is 2. The van der Waals surface area contributed by atoms with Gasteiger partial charge in [0.05, 0.1) is 5.69 Å². The Morgan fingerprint density at radius 3 is 2.42 bits per heavy atom. The van der Waals surface area contributed by atoms with Crippen molar-refractivity contribution in [1.82, 2.24) is 25.3 Å². The summed E-state index contributed by atoms with van der Waals surface area (Å²) in [4.78, 5) is 7.26. The maximum atomic E-state index is 4.70. The third-order valence-corrected chi connectivity index (χ3v) is 7.12. The van der Waals surface area contributed by atoms with Crippen LogP contribution >= 0.6 is 0 Å². The molecule has 2 fully saturated rings. The van der Waals surface area contributed by atoms with E-state index in [1.54, 1.807) is 0 Å². The van der Waals surface area contributed by atoms with Crippen molar-refractivity contribution < 1.29 is 0 Å². The lowest BCUT2D eigenvalue weighted by Crippen LogP contribution is -2.52. The SMILES string of the molecule is CCc1nn(C)c(CC)c1CNC(=NC)NC1CC2CCC(C1)N2Cc1ccccc1. The fourth-order valence-corrected chi connectivity index (χ4v) is 5.60. The third-order valence-electron chi connectivity index (χ3n) is 7.12. The van der Waals surface area contributed by atoms with Crippen LogP contribution in [0.15, 0.2) is 35.3 Å². The van der Waals surface area contributed by atoms with Crippen LogP contribution in [0.5, 0.6) is 0 Å². The van der Waals surface area contributed by atoms with E-state index in [0.29, 0.717) is 18.1 Å². The maximum Gasteiger partial charge on any atom is 0.191 e. The zero-order chi connectivity index (χ0) is 21.8. The Morgan fingerprint density at radius 1 is 1.10 bits per heavy atom. The Balaban J connectivity index is 1.34. The van der Waals surface area contributed by atoms with Gasteiger partial charge in [-0.15, -0.1) is 0 Å². The van der Waals surface area contributed by atoms with E-state index in [1.165, 1.54) is 48.2 Å². The van der Waals surface area contributed by atoms with Crippen molar-refractivity contribution in [3.8, 4) is 0 Å². The molecule has 2 aromatic rings.